The number of benzene rings is 2. The van der Waals surface area contributed by atoms with Crippen LogP contribution in [0.2, 0.25) is 0 Å². The maximum Gasteiger partial charge on any atom is 0.118 e. The molecule has 2 aromatic carbocycles. The number of aryl methyl sites for hydroxylation is 2. The van der Waals surface area contributed by atoms with Gasteiger partial charge in [0.2, 0.25) is 0 Å². The molecule has 0 bridgehead atoms. The van der Waals surface area contributed by atoms with Crippen LogP contribution in [0.5, 0.6) is 5.75 Å². The van der Waals surface area contributed by atoms with Gasteiger partial charge in [-0.3, -0.25) is 0 Å². The van der Waals surface area contributed by atoms with Crippen molar-refractivity contribution < 1.29 is 4.74 Å². The van der Waals surface area contributed by atoms with Crippen molar-refractivity contribution in [2.24, 2.45) is 7.05 Å². The molecule has 2 heterocycles. The lowest BCUT2D eigenvalue weighted by Crippen LogP contribution is -2.06. The van der Waals surface area contributed by atoms with Crippen LogP contribution in [0.25, 0.3) is 11.1 Å². The molecule has 0 saturated heterocycles. The molecule has 29 heavy (non-hydrogen) atoms. The molecule has 0 fully saturated rings. The largest absolute Gasteiger partial charge is 0.497 e. The second kappa shape index (κ2) is 8.27. The minimum atomic E-state index is 0.156. The molecule has 5 nitrogen and oxygen atoms in total. The Morgan fingerprint density at radius 1 is 1.00 bits per heavy atom. The molecule has 4 rings (SSSR count). The van der Waals surface area contributed by atoms with Gasteiger partial charge in [0, 0.05) is 37.1 Å². The summed E-state index contributed by atoms with van der Waals surface area (Å²) in [6, 6.07) is 16.8. The van der Waals surface area contributed by atoms with Gasteiger partial charge in [-0.1, -0.05) is 36.4 Å². The van der Waals surface area contributed by atoms with Crippen LogP contribution < -0.4 is 4.74 Å². The fourth-order valence-electron chi connectivity index (χ4n) is 3.55. The summed E-state index contributed by atoms with van der Waals surface area (Å²) in [7, 11) is 3.72. The van der Waals surface area contributed by atoms with Crippen LogP contribution >= 0.6 is 0 Å². The first-order valence-electron chi connectivity index (χ1n) is 9.62. The number of hydrogen-bond acceptors (Lipinski definition) is 4. The van der Waals surface area contributed by atoms with Crippen LogP contribution in [0.15, 0.2) is 73.4 Å². The topological polar surface area (TPSA) is 52.8 Å². The van der Waals surface area contributed by atoms with Gasteiger partial charge in [-0.2, -0.15) is 0 Å². The van der Waals surface area contributed by atoms with Crippen molar-refractivity contribution in [1.29, 1.82) is 0 Å². The quantitative estimate of drug-likeness (QED) is 0.489. The van der Waals surface area contributed by atoms with Crippen molar-refractivity contribution in [3.63, 3.8) is 0 Å². The number of rotatable bonds is 6. The lowest BCUT2D eigenvalue weighted by Gasteiger charge is -2.17. The molecule has 0 aliphatic rings. The van der Waals surface area contributed by atoms with Gasteiger partial charge in [-0.15, -0.1) is 0 Å². The van der Waals surface area contributed by atoms with E-state index in [1.54, 1.807) is 13.4 Å². The van der Waals surface area contributed by atoms with Gasteiger partial charge in [0.05, 0.1) is 12.8 Å². The van der Waals surface area contributed by atoms with E-state index in [1.165, 1.54) is 11.1 Å². The number of ether oxygens (including phenoxy) is 1. The zero-order valence-corrected chi connectivity index (χ0v) is 16.9. The summed E-state index contributed by atoms with van der Waals surface area (Å²) in [5.74, 6) is 2.02. The normalized spacial score (nSPS) is 12.0. The predicted molar refractivity (Wildman–Crippen MR) is 114 cm³/mol. The molecule has 0 N–H and O–H groups in total. The van der Waals surface area contributed by atoms with E-state index in [0.29, 0.717) is 0 Å². The highest BCUT2D eigenvalue weighted by molar-refractivity contribution is 5.62. The molecular weight excluding hydrogens is 360 g/mol. The lowest BCUT2D eigenvalue weighted by molar-refractivity contribution is 0.414. The maximum atomic E-state index is 5.33. The molecule has 0 spiro atoms. The van der Waals surface area contributed by atoms with E-state index in [4.69, 9.17) is 9.72 Å². The molecule has 146 valence electrons. The zero-order valence-electron chi connectivity index (χ0n) is 16.9. The molecule has 0 saturated carbocycles. The Bertz CT molecular complexity index is 1070. The highest BCUT2D eigenvalue weighted by Gasteiger charge is 2.19. The zero-order chi connectivity index (χ0) is 20.2. The molecule has 0 aliphatic heterocycles. The van der Waals surface area contributed by atoms with Gasteiger partial charge >= 0.3 is 0 Å². The van der Waals surface area contributed by atoms with Crippen molar-refractivity contribution in [2.75, 3.05) is 7.11 Å². The van der Waals surface area contributed by atoms with Gasteiger partial charge in [0.15, 0.2) is 0 Å². The van der Waals surface area contributed by atoms with Crippen LogP contribution in [0.1, 0.15) is 28.6 Å². The standard InChI is InChI=1S/C24H24N4O/c1-17-27-24(15-28(17)2)23(19-7-9-22(29-3)10-8-19)12-18-5-4-6-20(11-18)21-13-25-16-26-14-21/h4-11,13-16,23H,12H2,1-3H3. The van der Waals surface area contributed by atoms with Crippen molar-refractivity contribution in [3.05, 3.63) is 96.1 Å². The SMILES string of the molecule is COc1ccc(C(Cc2cccc(-c3cncnc3)c2)c2cn(C)c(C)n2)cc1. The molecule has 0 radical (unpaired) electrons. The second-order valence-electron chi connectivity index (χ2n) is 7.18. The third kappa shape index (κ3) is 4.19. The smallest absolute Gasteiger partial charge is 0.118 e. The Balaban J connectivity index is 1.70. The van der Waals surface area contributed by atoms with Gasteiger partial charge in [0.25, 0.3) is 0 Å². The van der Waals surface area contributed by atoms with E-state index < -0.39 is 0 Å². The fourth-order valence-corrected chi connectivity index (χ4v) is 3.55. The highest BCUT2D eigenvalue weighted by atomic mass is 16.5. The summed E-state index contributed by atoms with van der Waals surface area (Å²) in [6.07, 6.45) is 8.21. The van der Waals surface area contributed by atoms with Crippen molar-refractivity contribution in [1.82, 2.24) is 19.5 Å². The molecule has 4 aromatic rings. The lowest BCUT2D eigenvalue weighted by atomic mass is 9.88. The summed E-state index contributed by atoms with van der Waals surface area (Å²) in [4.78, 5) is 13.1. The number of imidazole rings is 1. The van der Waals surface area contributed by atoms with E-state index in [-0.39, 0.29) is 5.92 Å². The predicted octanol–water partition coefficient (Wildman–Crippen LogP) is 4.57. The molecular formula is C24H24N4O. The molecule has 0 aliphatic carbocycles. The summed E-state index contributed by atoms with van der Waals surface area (Å²) in [6.45, 7) is 2.03. The minimum Gasteiger partial charge on any atom is -0.497 e. The van der Waals surface area contributed by atoms with Crippen LogP contribution in [0, 0.1) is 6.92 Å². The summed E-state index contributed by atoms with van der Waals surface area (Å²) in [5.41, 5.74) is 5.68. The van der Waals surface area contributed by atoms with Gasteiger partial charge in [0.1, 0.15) is 17.9 Å². The van der Waals surface area contributed by atoms with Crippen molar-refractivity contribution in [3.8, 4) is 16.9 Å². The Labute approximate surface area is 171 Å². The summed E-state index contributed by atoms with van der Waals surface area (Å²) >= 11 is 0. The minimum absolute atomic E-state index is 0.156. The number of methoxy groups -OCH3 is 1. The molecule has 0 amide bonds. The van der Waals surface area contributed by atoms with Gasteiger partial charge in [-0.05, 0) is 42.2 Å². The Kier molecular flexibility index (Phi) is 5.38. The fraction of sp³-hybridized carbons (Fsp3) is 0.208. The average Bonchev–Trinajstić information content (AvgIpc) is 3.11. The Morgan fingerprint density at radius 2 is 1.76 bits per heavy atom. The molecule has 1 unspecified atom stereocenters. The van der Waals surface area contributed by atoms with E-state index in [1.807, 2.05) is 38.5 Å². The van der Waals surface area contributed by atoms with Crippen LogP contribution in [-0.4, -0.2) is 26.6 Å². The molecule has 1 atom stereocenters. The third-order valence-electron chi connectivity index (χ3n) is 5.26. The van der Waals surface area contributed by atoms with E-state index in [2.05, 4.69) is 57.1 Å². The van der Waals surface area contributed by atoms with E-state index in [9.17, 15) is 0 Å². The number of aromatic nitrogens is 4. The average molecular weight is 384 g/mol. The number of hydrogen-bond donors (Lipinski definition) is 0. The highest BCUT2D eigenvalue weighted by Crippen LogP contribution is 2.30. The molecule has 2 aromatic heterocycles. The summed E-state index contributed by atoms with van der Waals surface area (Å²) < 4.78 is 7.40. The van der Waals surface area contributed by atoms with Crippen LogP contribution in [0.3, 0.4) is 0 Å². The Hall–Kier alpha value is -3.47. The van der Waals surface area contributed by atoms with Crippen LogP contribution in [0.4, 0.5) is 0 Å². The van der Waals surface area contributed by atoms with Crippen molar-refractivity contribution >= 4 is 0 Å². The Morgan fingerprint density at radius 3 is 2.41 bits per heavy atom. The van der Waals surface area contributed by atoms with E-state index in [0.717, 1.165) is 34.8 Å². The third-order valence-corrected chi connectivity index (χ3v) is 5.26. The maximum absolute atomic E-state index is 5.33. The first-order chi connectivity index (χ1) is 14.1. The monoisotopic (exact) mass is 384 g/mol. The van der Waals surface area contributed by atoms with Gasteiger partial charge in [-0.25, -0.2) is 15.0 Å². The molecule has 5 heteroatoms. The summed E-state index contributed by atoms with van der Waals surface area (Å²) in [5, 5.41) is 0. The van der Waals surface area contributed by atoms with Crippen LogP contribution in [-0.2, 0) is 13.5 Å². The second-order valence-corrected chi connectivity index (χ2v) is 7.18. The van der Waals surface area contributed by atoms with Gasteiger partial charge < -0.3 is 9.30 Å². The van der Waals surface area contributed by atoms with E-state index >= 15 is 0 Å². The van der Waals surface area contributed by atoms with Crippen molar-refractivity contribution in [2.45, 2.75) is 19.3 Å². The first-order valence-corrected chi connectivity index (χ1v) is 9.62. The first kappa shape index (κ1) is 18.9. The number of nitrogens with zero attached hydrogens (tertiary/aromatic N) is 4.